The van der Waals surface area contributed by atoms with E-state index in [9.17, 15) is 9.90 Å². The second-order valence-electron chi connectivity index (χ2n) is 14.1. The van der Waals surface area contributed by atoms with Crippen molar-refractivity contribution in [1.82, 2.24) is 0 Å². The van der Waals surface area contributed by atoms with Crippen molar-refractivity contribution in [2.45, 2.75) is 202 Å². The largest absolute Gasteiger partial charge is 0.481 e. The lowest BCUT2D eigenvalue weighted by Gasteiger charge is -2.30. The lowest BCUT2D eigenvalue weighted by Crippen LogP contribution is -2.30. The minimum absolute atomic E-state index is 0.480. The van der Waals surface area contributed by atoms with Crippen molar-refractivity contribution in [2.24, 2.45) is 23.2 Å². The number of rotatable bonds is 30. The van der Waals surface area contributed by atoms with E-state index < -0.39 is 11.4 Å². The Morgan fingerprint density at radius 2 is 1.02 bits per heavy atom. The molecule has 0 heterocycles. The van der Waals surface area contributed by atoms with Gasteiger partial charge in [-0.2, -0.15) is 0 Å². The number of carbonyl (C=O) groups is 1. The summed E-state index contributed by atoms with van der Waals surface area (Å²) in [5, 5.41) is 9.97. The van der Waals surface area contributed by atoms with Gasteiger partial charge in [0.25, 0.3) is 0 Å². The summed E-state index contributed by atoms with van der Waals surface area (Å²) in [6, 6.07) is 0. The number of hydrogen-bond acceptors (Lipinski definition) is 1. The maximum Gasteiger partial charge on any atom is 0.309 e. The van der Waals surface area contributed by atoms with Crippen LogP contribution in [0, 0.1) is 23.2 Å². The standard InChI is InChI=1S/C38H74O2/c1-7-9-11-13-15-16-17-18-19-20-21-22-23-24-25-27-29-34(3)31-35(4)32-36(5)33-38(6,37(39)40)30-28-26-14-12-10-8-2/h18-19,34-36H,7-17,20-33H2,1-6H3,(H,39,40)/b19-18-. The van der Waals surface area contributed by atoms with Crippen molar-refractivity contribution < 1.29 is 9.90 Å². The molecular formula is C38H74O2. The third-order valence-electron chi connectivity index (χ3n) is 9.22. The van der Waals surface area contributed by atoms with Gasteiger partial charge >= 0.3 is 5.97 Å². The summed E-state index contributed by atoms with van der Waals surface area (Å²) in [4.78, 5) is 12.1. The van der Waals surface area contributed by atoms with E-state index in [-0.39, 0.29) is 0 Å². The molecule has 0 saturated heterocycles. The van der Waals surface area contributed by atoms with Gasteiger partial charge in [0.1, 0.15) is 0 Å². The molecule has 40 heavy (non-hydrogen) atoms. The molecular weight excluding hydrogens is 488 g/mol. The predicted molar refractivity (Wildman–Crippen MR) is 179 cm³/mol. The molecule has 0 aromatic heterocycles. The molecule has 0 aliphatic heterocycles. The van der Waals surface area contributed by atoms with Gasteiger partial charge in [-0.05, 0) is 76.0 Å². The van der Waals surface area contributed by atoms with Crippen LogP contribution in [0.15, 0.2) is 12.2 Å². The average Bonchev–Trinajstić information content (AvgIpc) is 2.90. The Kier molecular flexibility index (Phi) is 26.5. The second-order valence-corrected chi connectivity index (χ2v) is 14.1. The van der Waals surface area contributed by atoms with E-state index in [2.05, 4.69) is 46.8 Å². The number of aliphatic carboxylic acids is 1. The van der Waals surface area contributed by atoms with E-state index in [0.717, 1.165) is 31.6 Å². The summed E-state index contributed by atoms with van der Waals surface area (Å²) in [7, 11) is 0. The smallest absolute Gasteiger partial charge is 0.309 e. The summed E-state index contributed by atoms with van der Waals surface area (Å²) in [6.07, 6.45) is 36.9. The Morgan fingerprint density at radius 3 is 1.52 bits per heavy atom. The van der Waals surface area contributed by atoms with Crippen molar-refractivity contribution >= 4 is 5.97 Å². The summed E-state index contributed by atoms with van der Waals surface area (Å²) in [5.74, 6) is 1.36. The number of carboxylic acid groups (broad SMARTS) is 1. The topological polar surface area (TPSA) is 37.3 Å². The minimum Gasteiger partial charge on any atom is -0.481 e. The molecule has 0 saturated carbocycles. The molecule has 0 aromatic rings. The predicted octanol–water partition coefficient (Wildman–Crippen LogP) is 13.3. The second kappa shape index (κ2) is 27.1. The van der Waals surface area contributed by atoms with Crippen molar-refractivity contribution in [3.63, 3.8) is 0 Å². The van der Waals surface area contributed by atoms with Crippen LogP contribution in [0.5, 0.6) is 0 Å². The molecule has 0 bridgehead atoms. The van der Waals surface area contributed by atoms with Crippen LogP contribution in [0.25, 0.3) is 0 Å². The van der Waals surface area contributed by atoms with E-state index in [4.69, 9.17) is 0 Å². The molecule has 0 fully saturated rings. The first-order valence-electron chi connectivity index (χ1n) is 18.1. The maximum absolute atomic E-state index is 12.1. The summed E-state index contributed by atoms with van der Waals surface area (Å²) in [5.41, 5.74) is -0.556. The van der Waals surface area contributed by atoms with Gasteiger partial charge in [0.05, 0.1) is 5.41 Å². The van der Waals surface area contributed by atoms with Gasteiger partial charge in [0.2, 0.25) is 0 Å². The number of hydrogen-bond donors (Lipinski definition) is 1. The van der Waals surface area contributed by atoms with Crippen LogP contribution in [0.3, 0.4) is 0 Å². The molecule has 0 amide bonds. The first-order chi connectivity index (χ1) is 19.2. The van der Waals surface area contributed by atoms with Gasteiger partial charge in [0, 0.05) is 0 Å². The van der Waals surface area contributed by atoms with Crippen molar-refractivity contribution in [3.05, 3.63) is 12.2 Å². The zero-order valence-corrected chi connectivity index (χ0v) is 28.4. The summed E-state index contributed by atoms with van der Waals surface area (Å²) in [6.45, 7) is 13.6. The van der Waals surface area contributed by atoms with Crippen molar-refractivity contribution in [2.75, 3.05) is 0 Å². The number of carboxylic acids is 1. The molecule has 0 aromatic carbocycles. The highest BCUT2D eigenvalue weighted by Crippen LogP contribution is 2.36. The fourth-order valence-corrected chi connectivity index (χ4v) is 6.77. The average molecular weight is 563 g/mol. The van der Waals surface area contributed by atoms with Gasteiger partial charge in [0.15, 0.2) is 0 Å². The van der Waals surface area contributed by atoms with E-state index >= 15 is 0 Å². The monoisotopic (exact) mass is 563 g/mol. The van der Waals surface area contributed by atoms with E-state index in [1.54, 1.807) is 0 Å². The van der Waals surface area contributed by atoms with Gasteiger partial charge in [-0.1, -0.05) is 156 Å². The van der Waals surface area contributed by atoms with Gasteiger partial charge < -0.3 is 5.11 Å². The highest BCUT2D eigenvalue weighted by Gasteiger charge is 2.34. The first-order valence-corrected chi connectivity index (χ1v) is 18.1. The lowest BCUT2D eigenvalue weighted by atomic mass is 9.75. The summed E-state index contributed by atoms with van der Waals surface area (Å²) >= 11 is 0. The molecule has 2 nitrogen and oxygen atoms in total. The van der Waals surface area contributed by atoms with Crippen molar-refractivity contribution in [3.8, 4) is 0 Å². The highest BCUT2D eigenvalue weighted by atomic mass is 16.4. The molecule has 4 atom stereocenters. The SMILES string of the molecule is CCCCCCCC/C=C\CCCCCCCCC(C)CC(C)CC(C)CC(C)(CCCCCCCC)C(=O)O. The zero-order chi connectivity index (χ0) is 29.9. The molecule has 0 aliphatic carbocycles. The van der Waals surface area contributed by atoms with Crippen LogP contribution in [-0.2, 0) is 4.79 Å². The third-order valence-corrected chi connectivity index (χ3v) is 9.22. The van der Waals surface area contributed by atoms with Gasteiger partial charge in [-0.15, -0.1) is 0 Å². The molecule has 1 N–H and O–H groups in total. The van der Waals surface area contributed by atoms with Crippen LogP contribution >= 0.6 is 0 Å². The van der Waals surface area contributed by atoms with Gasteiger partial charge in [-0.3, -0.25) is 4.79 Å². The fraction of sp³-hybridized carbons (Fsp3) is 0.921. The zero-order valence-electron chi connectivity index (χ0n) is 28.4. The quantitative estimate of drug-likeness (QED) is 0.0698. The van der Waals surface area contributed by atoms with E-state index in [1.165, 1.54) is 135 Å². The molecule has 0 radical (unpaired) electrons. The normalized spacial score (nSPS) is 15.8. The molecule has 0 rings (SSSR count). The summed E-state index contributed by atoms with van der Waals surface area (Å²) < 4.78 is 0. The first kappa shape index (κ1) is 39.2. The Morgan fingerprint density at radius 1 is 0.600 bits per heavy atom. The lowest BCUT2D eigenvalue weighted by molar-refractivity contribution is -0.149. The number of unbranched alkanes of at least 4 members (excludes halogenated alkanes) is 17. The Bertz CT molecular complexity index is 582. The molecule has 238 valence electrons. The third kappa shape index (κ3) is 23.9. The Hall–Kier alpha value is -0.790. The highest BCUT2D eigenvalue weighted by molar-refractivity contribution is 5.74. The molecule has 0 aliphatic rings. The van der Waals surface area contributed by atoms with Crippen LogP contribution in [0.1, 0.15) is 202 Å². The Balaban J connectivity index is 3.86. The van der Waals surface area contributed by atoms with Crippen LogP contribution in [-0.4, -0.2) is 11.1 Å². The molecule has 4 unspecified atom stereocenters. The fourth-order valence-electron chi connectivity index (χ4n) is 6.77. The van der Waals surface area contributed by atoms with Crippen molar-refractivity contribution in [1.29, 1.82) is 0 Å². The number of allylic oxidation sites excluding steroid dienone is 2. The van der Waals surface area contributed by atoms with Crippen LogP contribution in [0.2, 0.25) is 0 Å². The van der Waals surface area contributed by atoms with Crippen LogP contribution < -0.4 is 0 Å². The molecule has 2 heteroatoms. The maximum atomic E-state index is 12.1. The van der Waals surface area contributed by atoms with Crippen LogP contribution in [0.4, 0.5) is 0 Å². The minimum atomic E-state index is -0.589. The molecule has 0 spiro atoms. The van der Waals surface area contributed by atoms with Gasteiger partial charge in [-0.25, -0.2) is 0 Å². The van der Waals surface area contributed by atoms with E-state index in [1.807, 2.05) is 6.92 Å². The van der Waals surface area contributed by atoms with E-state index in [0.29, 0.717) is 11.8 Å². The Labute approximate surface area is 253 Å².